The van der Waals surface area contributed by atoms with E-state index in [0.717, 1.165) is 24.7 Å². The number of hydrogen-bond acceptors (Lipinski definition) is 6. The number of nitrogens with zero attached hydrogens (tertiary/aromatic N) is 2. The van der Waals surface area contributed by atoms with E-state index in [1.54, 1.807) is 24.6 Å². The summed E-state index contributed by atoms with van der Waals surface area (Å²) >= 11 is 1.77. The molecule has 3 rings (SSSR count). The Morgan fingerprint density at radius 3 is 2.58 bits per heavy atom. The van der Waals surface area contributed by atoms with Crippen molar-refractivity contribution in [1.82, 2.24) is 9.97 Å². The van der Waals surface area contributed by atoms with Crippen LogP contribution in [0.3, 0.4) is 0 Å². The van der Waals surface area contributed by atoms with Gasteiger partial charge in [-0.2, -0.15) is 4.98 Å². The first-order valence-electron chi connectivity index (χ1n) is 8.68. The molecule has 0 spiro atoms. The molecule has 2 N–H and O–H groups in total. The smallest absolute Gasteiger partial charge is 0.224 e. The van der Waals surface area contributed by atoms with Gasteiger partial charge in [-0.1, -0.05) is 13.8 Å². The van der Waals surface area contributed by atoms with Gasteiger partial charge in [0.05, 0.1) is 13.7 Å². The van der Waals surface area contributed by atoms with Gasteiger partial charge in [-0.25, -0.2) is 4.98 Å². The second-order valence-corrected chi connectivity index (χ2v) is 7.56. The van der Waals surface area contributed by atoms with Crippen LogP contribution >= 0.6 is 11.3 Å². The van der Waals surface area contributed by atoms with E-state index in [4.69, 9.17) is 4.74 Å². The van der Waals surface area contributed by atoms with E-state index < -0.39 is 0 Å². The van der Waals surface area contributed by atoms with Crippen LogP contribution in [0.4, 0.5) is 11.8 Å². The van der Waals surface area contributed by atoms with Gasteiger partial charge < -0.3 is 15.4 Å². The van der Waals surface area contributed by atoms with Gasteiger partial charge in [0, 0.05) is 22.5 Å². The van der Waals surface area contributed by atoms with Crippen LogP contribution in [0.5, 0.6) is 5.75 Å². The summed E-state index contributed by atoms with van der Waals surface area (Å²) in [5.74, 6) is 2.91. The number of methoxy groups -OCH3 is 1. The normalized spacial score (nSPS) is 10.8. The molecule has 0 amide bonds. The second kappa shape index (κ2) is 8.67. The van der Waals surface area contributed by atoms with Gasteiger partial charge >= 0.3 is 0 Å². The van der Waals surface area contributed by atoms with E-state index in [9.17, 15) is 0 Å². The fourth-order valence-corrected chi connectivity index (χ4v) is 3.35. The maximum Gasteiger partial charge on any atom is 0.224 e. The first kappa shape index (κ1) is 18.2. The van der Waals surface area contributed by atoms with Crippen molar-refractivity contribution in [2.75, 3.05) is 24.3 Å². The van der Waals surface area contributed by atoms with Gasteiger partial charge in [0.25, 0.3) is 0 Å². The van der Waals surface area contributed by atoms with Crippen molar-refractivity contribution >= 4 is 23.1 Å². The highest BCUT2D eigenvalue weighted by Gasteiger charge is 2.05. The van der Waals surface area contributed by atoms with E-state index in [2.05, 4.69) is 58.7 Å². The number of benzene rings is 1. The van der Waals surface area contributed by atoms with Crippen molar-refractivity contribution in [3.63, 3.8) is 0 Å². The quantitative estimate of drug-likeness (QED) is 0.592. The van der Waals surface area contributed by atoms with E-state index in [1.807, 2.05) is 18.2 Å². The van der Waals surface area contributed by atoms with Crippen molar-refractivity contribution in [3.05, 3.63) is 53.5 Å². The second-order valence-electron chi connectivity index (χ2n) is 6.39. The number of nitrogens with one attached hydrogen (secondary N) is 2. The third-order valence-corrected chi connectivity index (χ3v) is 4.94. The van der Waals surface area contributed by atoms with Gasteiger partial charge in [-0.05, 0) is 53.9 Å². The standard InChI is InChI=1S/C20H24N4OS/c1-14(2)12-23-20-21-11-10-19(24-20)22-13-17-8-9-18(26-17)15-4-6-16(25-3)7-5-15/h4-11,14H,12-13H2,1-3H3,(H2,21,22,23,24). The molecule has 0 saturated carbocycles. The average Bonchev–Trinajstić information content (AvgIpc) is 3.14. The molecular formula is C20H24N4OS. The van der Waals surface area contributed by atoms with E-state index in [-0.39, 0.29) is 0 Å². The van der Waals surface area contributed by atoms with E-state index >= 15 is 0 Å². The molecule has 0 aliphatic carbocycles. The largest absolute Gasteiger partial charge is 0.497 e. The summed E-state index contributed by atoms with van der Waals surface area (Å²) in [7, 11) is 1.68. The Morgan fingerprint density at radius 2 is 1.85 bits per heavy atom. The highest BCUT2D eigenvalue weighted by atomic mass is 32.1. The first-order chi connectivity index (χ1) is 12.6. The monoisotopic (exact) mass is 368 g/mol. The van der Waals surface area contributed by atoms with Crippen molar-refractivity contribution in [2.24, 2.45) is 5.92 Å². The summed E-state index contributed by atoms with van der Waals surface area (Å²) in [5, 5.41) is 6.62. The SMILES string of the molecule is COc1ccc(-c2ccc(CNc3ccnc(NCC(C)C)n3)s2)cc1. The van der Waals surface area contributed by atoms with Gasteiger partial charge in [-0.15, -0.1) is 11.3 Å². The zero-order valence-electron chi connectivity index (χ0n) is 15.3. The summed E-state index contributed by atoms with van der Waals surface area (Å²) in [6.07, 6.45) is 1.77. The zero-order valence-corrected chi connectivity index (χ0v) is 16.1. The number of rotatable bonds is 8. The van der Waals surface area contributed by atoms with Crippen LogP contribution in [0.25, 0.3) is 10.4 Å². The van der Waals surface area contributed by atoms with Crippen molar-refractivity contribution in [3.8, 4) is 16.2 Å². The van der Waals surface area contributed by atoms with Crippen molar-refractivity contribution in [1.29, 1.82) is 0 Å². The lowest BCUT2D eigenvalue weighted by molar-refractivity contribution is 0.415. The van der Waals surface area contributed by atoms with Crippen LogP contribution in [0.1, 0.15) is 18.7 Å². The zero-order chi connectivity index (χ0) is 18.4. The highest BCUT2D eigenvalue weighted by molar-refractivity contribution is 7.15. The lowest BCUT2D eigenvalue weighted by Crippen LogP contribution is -2.11. The molecule has 0 saturated heterocycles. The fraction of sp³-hybridized carbons (Fsp3) is 0.300. The molecule has 2 aromatic heterocycles. The number of ether oxygens (including phenoxy) is 1. The third-order valence-electron chi connectivity index (χ3n) is 3.80. The predicted molar refractivity (Wildman–Crippen MR) is 109 cm³/mol. The number of thiophene rings is 1. The van der Waals surface area contributed by atoms with Gasteiger partial charge in [0.1, 0.15) is 11.6 Å². The van der Waals surface area contributed by atoms with Crippen LogP contribution in [-0.4, -0.2) is 23.6 Å². The molecule has 0 unspecified atom stereocenters. The third kappa shape index (κ3) is 4.95. The molecule has 5 nitrogen and oxygen atoms in total. The minimum absolute atomic E-state index is 0.553. The van der Waals surface area contributed by atoms with Crippen LogP contribution in [0.15, 0.2) is 48.7 Å². The number of aromatic nitrogens is 2. The van der Waals surface area contributed by atoms with Crippen molar-refractivity contribution < 1.29 is 4.74 Å². The average molecular weight is 369 g/mol. The Morgan fingerprint density at radius 1 is 1.04 bits per heavy atom. The topological polar surface area (TPSA) is 59.1 Å². The van der Waals surface area contributed by atoms with Gasteiger partial charge in [0.15, 0.2) is 0 Å². The van der Waals surface area contributed by atoms with E-state index in [0.29, 0.717) is 11.9 Å². The minimum atomic E-state index is 0.553. The summed E-state index contributed by atoms with van der Waals surface area (Å²) in [5.41, 5.74) is 1.20. The molecule has 0 aliphatic heterocycles. The molecule has 136 valence electrons. The minimum Gasteiger partial charge on any atom is -0.497 e. The lowest BCUT2D eigenvalue weighted by atomic mass is 10.2. The molecule has 0 fully saturated rings. The Bertz CT molecular complexity index is 830. The summed E-state index contributed by atoms with van der Waals surface area (Å²) < 4.78 is 5.21. The summed E-state index contributed by atoms with van der Waals surface area (Å²) in [6, 6.07) is 14.3. The molecule has 1 aromatic carbocycles. The lowest BCUT2D eigenvalue weighted by Gasteiger charge is -2.09. The Hall–Kier alpha value is -2.60. The van der Waals surface area contributed by atoms with Crippen LogP contribution in [0, 0.1) is 5.92 Å². The van der Waals surface area contributed by atoms with Crippen LogP contribution in [0.2, 0.25) is 0 Å². The molecule has 0 aliphatic rings. The Balaban J connectivity index is 1.60. The van der Waals surface area contributed by atoms with Crippen molar-refractivity contribution in [2.45, 2.75) is 20.4 Å². The maximum atomic E-state index is 5.21. The first-order valence-corrected chi connectivity index (χ1v) is 9.49. The Kier molecular flexibility index (Phi) is 6.07. The Labute approximate surface area is 158 Å². The highest BCUT2D eigenvalue weighted by Crippen LogP contribution is 2.29. The molecule has 6 heteroatoms. The summed E-state index contributed by atoms with van der Waals surface area (Å²) in [6.45, 7) is 5.92. The fourth-order valence-electron chi connectivity index (χ4n) is 2.40. The number of hydrogen-bond donors (Lipinski definition) is 2. The molecule has 0 bridgehead atoms. The van der Waals surface area contributed by atoms with Gasteiger partial charge in [0.2, 0.25) is 5.95 Å². The van der Waals surface area contributed by atoms with Gasteiger partial charge in [-0.3, -0.25) is 0 Å². The van der Waals surface area contributed by atoms with Crippen LogP contribution < -0.4 is 15.4 Å². The molecule has 2 heterocycles. The number of anilines is 2. The van der Waals surface area contributed by atoms with Crippen LogP contribution in [-0.2, 0) is 6.54 Å². The molecule has 26 heavy (non-hydrogen) atoms. The maximum absolute atomic E-state index is 5.21. The molecule has 0 atom stereocenters. The molecule has 0 radical (unpaired) electrons. The summed E-state index contributed by atoms with van der Waals surface area (Å²) in [4.78, 5) is 11.3. The molecular weight excluding hydrogens is 344 g/mol. The predicted octanol–water partition coefficient (Wildman–Crippen LogP) is 4.89. The molecule has 3 aromatic rings. The van der Waals surface area contributed by atoms with E-state index in [1.165, 1.54) is 15.3 Å².